The maximum atomic E-state index is 13.4. The first-order chi connectivity index (χ1) is 14.0. The van der Waals surface area contributed by atoms with Crippen molar-refractivity contribution in [2.24, 2.45) is 5.41 Å². The van der Waals surface area contributed by atoms with Crippen LogP contribution in [0.25, 0.3) is 11.5 Å². The topological polar surface area (TPSA) is 81.1 Å². The molecule has 1 aliphatic carbocycles. The summed E-state index contributed by atoms with van der Waals surface area (Å²) >= 11 is 0. The van der Waals surface area contributed by atoms with Gasteiger partial charge >= 0.3 is 0 Å². The van der Waals surface area contributed by atoms with Crippen LogP contribution >= 0.6 is 0 Å². The van der Waals surface area contributed by atoms with Crippen molar-refractivity contribution in [3.05, 3.63) is 47.7 Å². The molecule has 0 radical (unpaired) electrons. The van der Waals surface area contributed by atoms with Gasteiger partial charge in [-0.1, -0.05) is 25.1 Å². The number of piperidine rings is 1. The molecule has 1 saturated heterocycles. The van der Waals surface area contributed by atoms with Gasteiger partial charge in [-0.25, -0.2) is 4.39 Å². The highest BCUT2D eigenvalue weighted by Crippen LogP contribution is 2.64. The van der Waals surface area contributed by atoms with Crippen molar-refractivity contribution in [3.8, 4) is 11.5 Å². The van der Waals surface area contributed by atoms with Gasteiger partial charge < -0.3 is 8.94 Å². The van der Waals surface area contributed by atoms with Crippen LogP contribution in [0.2, 0.25) is 0 Å². The van der Waals surface area contributed by atoms with Crippen molar-refractivity contribution in [3.63, 3.8) is 0 Å². The fraction of sp³-hybridized carbons (Fsp3) is 0.524. The quantitative estimate of drug-likeness (QED) is 0.640. The van der Waals surface area contributed by atoms with Gasteiger partial charge in [0.1, 0.15) is 5.82 Å². The van der Waals surface area contributed by atoms with E-state index >= 15 is 0 Å². The first kappa shape index (κ1) is 18.4. The molecule has 29 heavy (non-hydrogen) atoms. The average molecular weight is 397 g/mol. The predicted molar refractivity (Wildman–Crippen MR) is 102 cm³/mol. The molecule has 1 atom stereocenters. The van der Waals surface area contributed by atoms with Crippen molar-refractivity contribution < 1.29 is 13.3 Å². The predicted octanol–water partition coefficient (Wildman–Crippen LogP) is 4.15. The Balaban J connectivity index is 1.20. The Kier molecular flexibility index (Phi) is 4.46. The van der Waals surface area contributed by atoms with Crippen LogP contribution in [0, 0.1) is 11.2 Å². The van der Waals surface area contributed by atoms with Crippen LogP contribution in [0.3, 0.4) is 0 Å². The van der Waals surface area contributed by atoms with E-state index in [1.165, 1.54) is 12.1 Å². The van der Waals surface area contributed by atoms with Crippen molar-refractivity contribution in [1.29, 1.82) is 0 Å². The monoisotopic (exact) mass is 397 g/mol. The number of rotatable bonds is 5. The Morgan fingerprint density at radius 1 is 1.24 bits per heavy atom. The largest absolute Gasteiger partial charge is 0.420 e. The van der Waals surface area contributed by atoms with Crippen molar-refractivity contribution in [1.82, 2.24) is 25.2 Å². The van der Waals surface area contributed by atoms with Crippen LogP contribution in [0.5, 0.6) is 0 Å². The minimum atomic E-state index is -0.306. The van der Waals surface area contributed by atoms with Gasteiger partial charge in [0.15, 0.2) is 5.82 Å². The molecule has 1 aromatic carbocycles. The second-order valence-electron chi connectivity index (χ2n) is 8.55. The molecule has 1 spiro atoms. The van der Waals surface area contributed by atoms with E-state index in [-0.39, 0.29) is 17.2 Å². The van der Waals surface area contributed by atoms with Crippen LogP contribution in [0.4, 0.5) is 4.39 Å². The van der Waals surface area contributed by atoms with Gasteiger partial charge in [-0.15, -0.1) is 10.2 Å². The van der Waals surface area contributed by atoms with Crippen LogP contribution in [0.15, 0.2) is 33.2 Å². The molecule has 2 aromatic heterocycles. The lowest BCUT2D eigenvalue weighted by Crippen LogP contribution is -2.34. The second-order valence-corrected chi connectivity index (χ2v) is 8.55. The summed E-state index contributed by atoms with van der Waals surface area (Å²) in [5.74, 6) is 2.79. The molecule has 3 aromatic rings. The van der Waals surface area contributed by atoms with Gasteiger partial charge in [-0.3, -0.25) is 4.90 Å². The fourth-order valence-electron chi connectivity index (χ4n) is 4.28. The third kappa shape index (κ3) is 3.57. The van der Waals surface area contributed by atoms with Gasteiger partial charge in [0.25, 0.3) is 0 Å². The van der Waals surface area contributed by atoms with Crippen LogP contribution in [-0.2, 0) is 6.54 Å². The number of likely N-dealkylation sites (tertiary alicyclic amines) is 1. The Morgan fingerprint density at radius 3 is 2.79 bits per heavy atom. The molecule has 1 unspecified atom stereocenters. The molecule has 2 aliphatic rings. The average Bonchev–Trinajstić information content (AvgIpc) is 3.08. The van der Waals surface area contributed by atoms with Gasteiger partial charge in [0, 0.05) is 17.4 Å². The molecule has 8 heteroatoms. The lowest BCUT2D eigenvalue weighted by molar-refractivity contribution is 0.144. The highest BCUT2D eigenvalue weighted by Gasteiger charge is 2.58. The standard InChI is InChI=1S/C21H24FN5O2/c1-13(2)18-23-17(29-26-18)12-27-8-6-21(7-9-27)11-16(21)20-25-24-19(28-20)14-4-3-5-15(22)10-14/h3-5,10,13,16H,6-9,11-12H2,1-2H3. The normalized spacial score (nSPS) is 21.2. The highest BCUT2D eigenvalue weighted by atomic mass is 19.1. The van der Waals surface area contributed by atoms with E-state index in [1.54, 1.807) is 12.1 Å². The molecule has 0 bridgehead atoms. The Morgan fingerprint density at radius 2 is 2.07 bits per heavy atom. The molecule has 3 heterocycles. The van der Waals surface area contributed by atoms with E-state index < -0.39 is 0 Å². The molecule has 1 saturated carbocycles. The van der Waals surface area contributed by atoms with E-state index in [0.717, 1.165) is 38.2 Å². The molecule has 2 fully saturated rings. The van der Waals surface area contributed by atoms with E-state index in [0.29, 0.717) is 35.7 Å². The first-order valence-electron chi connectivity index (χ1n) is 10.2. The number of benzene rings is 1. The van der Waals surface area contributed by atoms with Crippen molar-refractivity contribution in [2.45, 2.75) is 51.5 Å². The summed E-state index contributed by atoms with van der Waals surface area (Å²) in [5.41, 5.74) is 0.869. The summed E-state index contributed by atoms with van der Waals surface area (Å²) in [6.07, 6.45) is 3.24. The third-order valence-corrected chi connectivity index (χ3v) is 6.21. The molecular weight excluding hydrogens is 373 g/mol. The number of nitrogens with zero attached hydrogens (tertiary/aromatic N) is 5. The summed E-state index contributed by atoms with van der Waals surface area (Å²) in [5, 5.41) is 12.4. The lowest BCUT2D eigenvalue weighted by atomic mass is 9.91. The number of halogens is 1. The molecule has 7 nitrogen and oxygen atoms in total. The number of hydrogen-bond acceptors (Lipinski definition) is 7. The van der Waals surface area contributed by atoms with Crippen LogP contribution < -0.4 is 0 Å². The molecule has 0 N–H and O–H groups in total. The Labute approximate surface area is 168 Å². The number of hydrogen-bond donors (Lipinski definition) is 0. The third-order valence-electron chi connectivity index (χ3n) is 6.21. The molecule has 0 amide bonds. The minimum Gasteiger partial charge on any atom is -0.420 e. The van der Waals surface area contributed by atoms with Crippen molar-refractivity contribution >= 4 is 0 Å². The zero-order valence-corrected chi connectivity index (χ0v) is 16.6. The van der Waals surface area contributed by atoms with E-state index in [9.17, 15) is 4.39 Å². The Bertz CT molecular complexity index is 1010. The molecular formula is C21H24FN5O2. The first-order valence-corrected chi connectivity index (χ1v) is 10.2. The van der Waals surface area contributed by atoms with Gasteiger partial charge in [0.2, 0.25) is 17.7 Å². The van der Waals surface area contributed by atoms with Gasteiger partial charge in [-0.2, -0.15) is 4.98 Å². The fourth-order valence-corrected chi connectivity index (χ4v) is 4.28. The molecule has 1 aliphatic heterocycles. The van der Waals surface area contributed by atoms with Crippen molar-refractivity contribution in [2.75, 3.05) is 13.1 Å². The molecule has 152 valence electrons. The number of aromatic nitrogens is 4. The zero-order valence-electron chi connectivity index (χ0n) is 16.6. The molecule has 5 rings (SSSR count). The minimum absolute atomic E-state index is 0.250. The van der Waals surface area contributed by atoms with E-state index in [2.05, 4.69) is 39.1 Å². The summed E-state index contributed by atoms with van der Waals surface area (Å²) in [7, 11) is 0. The smallest absolute Gasteiger partial charge is 0.247 e. The summed E-state index contributed by atoms with van der Waals surface area (Å²) < 4.78 is 24.7. The summed E-state index contributed by atoms with van der Waals surface area (Å²) in [6, 6.07) is 6.25. The van der Waals surface area contributed by atoms with Gasteiger partial charge in [0.05, 0.1) is 6.54 Å². The summed E-state index contributed by atoms with van der Waals surface area (Å²) in [4.78, 5) is 6.84. The highest BCUT2D eigenvalue weighted by molar-refractivity contribution is 5.52. The summed E-state index contributed by atoms with van der Waals surface area (Å²) in [6.45, 7) is 6.79. The maximum Gasteiger partial charge on any atom is 0.247 e. The van der Waals surface area contributed by atoms with Gasteiger partial charge in [-0.05, 0) is 56.0 Å². The SMILES string of the molecule is CC(C)c1noc(CN2CCC3(CC2)CC3c2nnc(-c3cccc(F)c3)o2)n1. The zero-order chi connectivity index (χ0) is 20.0. The second kappa shape index (κ2) is 7.02. The lowest BCUT2D eigenvalue weighted by Gasteiger charge is -2.31. The maximum absolute atomic E-state index is 13.4. The van der Waals surface area contributed by atoms with Crippen LogP contribution in [0.1, 0.15) is 62.6 Å². The van der Waals surface area contributed by atoms with E-state index in [4.69, 9.17) is 8.94 Å². The van der Waals surface area contributed by atoms with E-state index in [1.807, 2.05) is 0 Å². The Hall–Kier alpha value is -2.61. The van der Waals surface area contributed by atoms with Crippen LogP contribution in [-0.4, -0.2) is 38.3 Å².